The van der Waals surface area contributed by atoms with Crippen LogP contribution in [0.15, 0.2) is 18.3 Å². The smallest absolute Gasteiger partial charge is 0.185 e. The van der Waals surface area contributed by atoms with Gasteiger partial charge in [0.05, 0.1) is 19.4 Å². The zero-order chi connectivity index (χ0) is 14.3. The second-order valence-electron chi connectivity index (χ2n) is 4.37. The quantitative estimate of drug-likeness (QED) is 0.666. The van der Waals surface area contributed by atoms with Gasteiger partial charge < -0.3 is 10.2 Å². The molecule has 1 unspecified atom stereocenters. The molecule has 0 aromatic carbocycles. The number of aliphatic hydroxyl groups excluding tert-OH is 2. The highest BCUT2D eigenvalue weighted by Gasteiger charge is 2.19. The van der Waals surface area contributed by atoms with Gasteiger partial charge in [-0.1, -0.05) is 6.92 Å². The molecule has 0 aliphatic carbocycles. The molecule has 0 spiro atoms. The van der Waals surface area contributed by atoms with Crippen molar-refractivity contribution in [1.82, 2.24) is 9.88 Å². The molecule has 1 atom stereocenters. The molecule has 0 saturated heterocycles. The Morgan fingerprint density at radius 1 is 1.37 bits per heavy atom. The molecule has 1 heterocycles. The van der Waals surface area contributed by atoms with E-state index in [1.165, 1.54) is 12.1 Å². The van der Waals surface area contributed by atoms with Crippen molar-refractivity contribution in [3.05, 3.63) is 29.8 Å². The summed E-state index contributed by atoms with van der Waals surface area (Å²) in [5.41, 5.74) is 0.224. The summed E-state index contributed by atoms with van der Waals surface area (Å²) in [4.78, 5) is 17.6. The lowest BCUT2D eigenvalue weighted by atomic mass is 10.0. The lowest BCUT2D eigenvalue weighted by Crippen LogP contribution is -2.36. The largest absolute Gasteiger partial charge is 0.395 e. The zero-order valence-electron chi connectivity index (χ0n) is 10.9. The number of carbonyl (C=O) groups excluding carboxylic acids is 1. The molecule has 5 nitrogen and oxygen atoms in total. The number of hydrogen-bond donors (Lipinski definition) is 2. The molecule has 0 amide bonds. The lowest BCUT2D eigenvalue weighted by molar-refractivity contribution is 0.0859. The molecule has 0 saturated carbocycles. The number of halogens is 1. The summed E-state index contributed by atoms with van der Waals surface area (Å²) in [7, 11) is 0. The van der Waals surface area contributed by atoms with Gasteiger partial charge in [-0.15, -0.1) is 0 Å². The number of aromatic nitrogens is 1. The minimum Gasteiger partial charge on any atom is -0.395 e. The van der Waals surface area contributed by atoms with Gasteiger partial charge >= 0.3 is 0 Å². The number of ketones is 1. The fourth-order valence-corrected chi connectivity index (χ4v) is 1.82. The van der Waals surface area contributed by atoms with Crippen molar-refractivity contribution >= 4 is 5.78 Å². The monoisotopic (exact) mass is 270 g/mol. The Morgan fingerprint density at radius 2 is 2.00 bits per heavy atom. The summed E-state index contributed by atoms with van der Waals surface area (Å²) in [5, 5.41) is 17.8. The van der Waals surface area contributed by atoms with Gasteiger partial charge in [0, 0.05) is 25.6 Å². The molecular formula is C13H19FN2O3. The maximum atomic E-state index is 12.7. The fourth-order valence-electron chi connectivity index (χ4n) is 1.82. The van der Waals surface area contributed by atoms with Crippen LogP contribution >= 0.6 is 0 Å². The zero-order valence-corrected chi connectivity index (χ0v) is 10.9. The van der Waals surface area contributed by atoms with Crippen molar-refractivity contribution in [3.63, 3.8) is 0 Å². The van der Waals surface area contributed by atoms with Crippen LogP contribution in [0.4, 0.5) is 4.39 Å². The SMILES string of the molecule is CC(CN(CCO)CCO)C(=O)c1ccc(F)cn1. The predicted molar refractivity (Wildman–Crippen MR) is 68.3 cm³/mol. The Balaban J connectivity index is 2.62. The van der Waals surface area contributed by atoms with Crippen LogP contribution in [0.3, 0.4) is 0 Å². The first kappa shape index (κ1) is 15.7. The van der Waals surface area contributed by atoms with Crippen LogP contribution in [0.2, 0.25) is 0 Å². The Morgan fingerprint density at radius 3 is 2.47 bits per heavy atom. The molecule has 1 aromatic rings. The van der Waals surface area contributed by atoms with E-state index in [1.807, 2.05) is 0 Å². The Labute approximate surface area is 111 Å². The average molecular weight is 270 g/mol. The molecule has 0 fully saturated rings. The van der Waals surface area contributed by atoms with Crippen molar-refractivity contribution in [3.8, 4) is 0 Å². The fraction of sp³-hybridized carbons (Fsp3) is 0.538. The highest BCUT2D eigenvalue weighted by Crippen LogP contribution is 2.09. The number of Topliss-reactive ketones (excluding diaryl/α,β-unsaturated/α-hetero) is 1. The van der Waals surface area contributed by atoms with Gasteiger partial charge in [0.15, 0.2) is 5.78 Å². The van der Waals surface area contributed by atoms with Crippen LogP contribution in [-0.4, -0.2) is 58.7 Å². The van der Waals surface area contributed by atoms with E-state index in [0.29, 0.717) is 19.6 Å². The van der Waals surface area contributed by atoms with Crippen molar-refractivity contribution in [2.24, 2.45) is 5.92 Å². The van der Waals surface area contributed by atoms with Crippen molar-refractivity contribution < 1.29 is 19.4 Å². The first-order valence-corrected chi connectivity index (χ1v) is 6.18. The maximum absolute atomic E-state index is 12.7. The highest BCUT2D eigenvalue weighted by molar-refractivity contribution is 5.95. The first-order valence-electron chi connectivity index (χ1n) is 6.18. The third kappa shape index (κ3) is 5.02. The third-order valence-corrected chi connectivity index (χ3v) is 2.79. The molecule has 0 aliphatic rings. The average Bonchev–Trinajstić information content (AvgIpc) is 2.39. The topological polar surface area (TPSA) is 73.7 Å². The van der Waals surface area contributed by atoms with E-state index in [4.69, 9.17) is 10.2 Å². The summed E-state index contributed by atoms with van der Waals surface area (Å²) in [5.74, 6) is -0.997. The maximum Gasteiger partial charge on any atom is 0.185 e. The van der Waals surface area contributed by atoms with E-state index in [0.717, 1.165) is 6.20 Å². The number of nitrogens with zero attached hydrogens (tertiary/aromatic N) is 2. The third-order valence-electron chi connectivity index (χ3n) is 2.79. The Hall–Kier alpha value is -1.37. The second-order valence-corrected chi connectivity index (χ2v) is 4.37. The standard InChI is InChI=1S/C13H19FN2O3/c1-10(9-16(4-6-17)5-7-18)13(19)12-3-2-11(14)8-15-12/h2-3,8,10,17-18H,4-7,9H2,1H3. The molecule has 6 heteroatoms. The second kappa shape index (κ2) is 7.93. The van der Waals surface area contributed by atoms with Gasteiger partial charge in [0.25, 0.3) is 0 Å². The van der Waals surface area contributed by atoms with Gasteiger partial charge in [-0.25, -0.2) is 4.39 Å². The molecule has 0 bridgehead atoms. The normalized spacial score (nSPS) is 12.7. The number of pyridine rings is 1. The molecule has 19 heavy (non-hydrogen) atoms. The molecule has 1 rings (SSSR count). The lowest BCUT2D eigenvalue weighted by Gasteiger charge is -2.23. The van der Waals surface area contributed by atoms with E-state index < -0.39 is 5.82 Å². The Bertz CT molecular complexity index is 391. The number of aliphatic hydroxyl groups is 2. The number of carbonyl (C=O) groups is 1. The van der Waals surface area contributed by atoms with Crippen LogP contribution in [0.25, 0.3) is 0 Å². The summed E-state index contributed by atoms with van der Waals surface area (Å²) in [6, 6.07) is 2.56. The molecule has 0 radical (unpaired) electrons. The molecule has 0 aliphatic heterocycles. The first-order chi connectivity index (χ1) is 9.08. The molecule has 1 aromatic heterocycles. The van der Waals surface area contributed by atoms with Crippen molar-refractivity contribution in [2.45, 2.75) is 6.92 Å². The number of hydrogen-bond acceptors (Lipinski definition) is 5. The minimum atomic E-state index is -0.480. The highest BCUT2D eigenvalue weighted by atomic mass is 19.1. The van der Waals surface area contributed by atoms with E-state index in [2.05, 4.69) is 4.98 Å². The van der Waals surface area contributed by atoms with E-state index >= 15 is 0 Å². The summed E-state index contributed by atoms with van der Waals surface area (Å²) >= 11 is 0. The summed E-state index contributed by atoms with van der Waals surface area (Å²) in [6.07, 6.45) is 1.01. The van der Waals surface area contributed by atoms with E-state index in [-0.39, 0.29) is 30.6 Å². The van der Waals surface area contributed by atoms with Crippen LogP contribution in [-0.2, 0) is 0 Å². The van der Waals surface area contributed by atoms with Crippen molar-refractivity contribution in [2.75, 3.05) is 32.8 Å². The molecular weight excluding hydrogens is 251 g/mol. The minimum absolute atomic E-state index is 0.0320. The van der Waals surface area contributed by atoms with Crippen LogP contribution in [0.5, 0.6) is 0 Å². The van der Waals surface area contributed by atoms with Crippen LogP contribution in [0.1, 0.15) is 17.4 Å². The van der Waals surface area contributed by atoms with E-state index in [1.54, 1.807) is 11.8 Å². The molecule has 2 N–H and O–H groups in total. The van der Waals surface area contributed by atoms with Gasteiger partial charge in [-0.2, -0.15) is 0 Å². The van der Waals surface area contributed by atoms with Crippen molar-refractivity contribution in [1.29, 1.82) is 0 Å². The van der Waals surface area contributed by atoms with Crippen LogP contribution < -0.4 is 0 Å². The van der Waals surface area contributed by atoms with E-state index in [9.17, 15) is 9.18 Å². The van der Waals surface area contributed by atoms with Gasteiger partial charge in [0.1, 0.15) is 11.5 Å². The van der Waals surface area contributed by atoms with Gasteiger partial charge in [0.2, 0.25) is 0 Å². The van der Waals surface area contributed by atoms with Gasteiger partial charge in [-0.3, -0.25) is 14.7 Å². The summed E-state index contributed by atoms with van der Waals surface area (Å²) in [6.45, 7) is 2.89. The number of rotatable bonds is 8. The molecule has 106 valence electrons. The predicted octanol–water partition coefficient (Wildman–Crippen LogP) is 0.326. The summed E-state index contributed by atoms with van der Waals surface area (Å²) < 4.78 is 12.7. The Kier molecular flexibility index (Phi) is 6.55. The van der Waals surface area contributed by atoms with Gasteiger partial charge in [-0.05, 0) is 12.1 Å². The van der Waals surface area contributed by atoms with Crippen LogP contribution in [0, 0.1) is 11.7 Å².